The molecule has 464 valence electrons. The second-order valence-electron chi connectivity index (χ2n) is 27.5. The third-order valence-electron chi connectivity index (χ3n) is 21.6. The van der Waals surface area contributed by atoms with Gasteiger partial charge in [-0.1, -0.05) is 52.3 Å². The summed E-state index contributed by atoms with van der Waals surface area (Å²) >= 11 is 0. The monoisotopic (exact) mass is 1150 g/mol. The summed E-state index contributed by atoms with van der Waals surface area (Å²) in [6, 6.07) is -1.15. The summed E-state index contributed by atoms with van der Waals surface area (Å²) in [4.78, 5) is 45.2. The number of cyclic esters (lactones) is 1. The number of esters is 1. The zero-order chi connectivity index (χ0) is 60.5. The first-order valence-electron chi connectivity index (χ1n) is 30.1. The number of likely N-dealkylation sites (N-methyl/N-ethyl adjacent to an activating group) is 2. The maximum absolute atomic E-state index is 17.8. The molecule has 3 heterocycles. The Labute approximate surface area is 480 Å². The van der Waals surface area contributed by atoms with Gasteiger partial charge in [0.2, 0.25) is 0 Å². The van der Waals surface area contributed by atoms with Crippen molar-refractivity contribution in [1.29, 1.82) is 0 Å². The molecule has 81 heavy (non-hydrogen) atoms. The lowest BCUT2D eigenvalue weighted by Gasteiger charge is -2.61. The Kier molecular flexibility index (Phi) is 19.8. The van der Waals surface area contributed by atoms with Crippen molar-refractivity contribution in [3.63, 3.8) is 0 Å². The van der Waals surface area contributed by atoms with Gasteiger partial charge in [0.05, 0.1) is 47.6 Å². The first kappa shape index (κ1) is 66.0. The number of rotatable bonds is 12. The van der Waals surface area contributed by atoms with Crippen molar-refractivity contribution in [1.82, 2.24) is 15.1 Å². The van der Waals surface area contributed by atoms with Crippen LogP contribution >= 0.6 is 0 Å². The lowest BCUT2D eigenvalue weighted by molar-refractivity contribution is -0.318. The SMILES string of the molecule is CC[C@H]1OC(=O)[C@H](C)C(OC2C[C@@](C)(OC)[C@@H](O)[C@H](C)O2)[C@H](C)[C@@H](O[C@@H]2O[C@H](C)C[C@H](N(C)CCCNC(=O)[C@]3(O)[C@H](C)CC4C5CC=C6CC(=O)C=C[C@]6(C)[C@@]5(F)[C@@H](O)C[C@@]43C)[C@H]2O)[C@](C)(O)C[C@H](C)CN(C)[C@H](C)[C@@H](O)[C@]1(C)O. The molecule has 7 rings (SSSR count). The quantitative estimate of drug-likeness (QED) is 0.0776. The molecule has 20 heteroatoms. The molecule has 7 aliphatic rings. The Hall–Kier alpha value is -2.54. The molecule has 0 aromatic rings. The van der Waals surface area contributed by atoms with Crippen LogP contribution in [0.5, 0.6) is 0 Å². The number of hydrogen-bond acceptors (Lipinski definition) is 18. The highest BCUT2D eigenvalue weighted by Crippen LogP contribution is 2.70. The van der Waals surface area contributed by atoms with Crippen LogP contribution in [0.1, 0.15) is 148 Å². The first-order valence-corrected chi connectivity index (χ1v) is 30.1. The van der Waals surface area contributed by atoms with Gasteiger partial charge in [-0.25, -0.2) is 4.39 Å². The molecule has 2 saturated carbocycles. The van der Waals surface area contributed by atoms with E-state index in [1.807, 2.05) is 50.7 Å². The number of nitrogens with zero attached hydrogens (tertiary/aromatic N) is 2. The van der Waals surface area contributed by atoms with E-state index in [4.69, 9.17) is 28.4 Å². The third-order valence-corrected chi connectivity index (χ3v) is 21.6. The van der Waals surface area contributed by atoms with Crippen LogP contribution in [0, 0.1) is 46.3 Å². The molecule has 0 radical (unpaired) electrons. The van der Waals surface area contributed by atoms with Crippen molar-refractivity contribution < 1.29 is 82.9 Å². The number of nitrogens with one attached hydrogen (secondary N) is 1. The number of methoxy groups -OCH3 is 1. The number of carbonyl (C=O) groups excluding carboxylic acids is 3. The number of halogens is 1. The summed E-state index contributed by atoms with van der Waals surface area (Å²) in [5.74, 6) is -5.35. The fourth-order valence-corrected chi connectivity index (χ4v) is 16.4. The van der Waals surface area contributed by atoms with Crippen LogP contribution in [0.2, 0.25) is 0 Å². The van der Waals surface area contributed by atoms with Crippen LogP contribution in [-0.4, -0.2) is 212 Å². The highest BCUT2D eigenvalue weighted by Gasteiger charge is 2.75. The molecule has 0 spiro atoms. The molecule has 8 N–H and O–H groups in total. The molecule has 0 aromatic heterocycles. The van der Waals surface area contributed by atoms with Crippen LogP contribution < -0.4 is 5.32 Å². The van der Waals surface area contributed by atoms with E-state index in [0.717, 1.165) is 0 Å². The van der Waals surface area contributed by atoms with Gasteiger partial charge in [0.25, 0.3) is 5.91 Å². The van der Waals surface area contributed by atoms with E-state index >= 15 is 4.39 Å². The molecule has 3 aliphatic heterocycles. The summed E-state index contributed by atoms with van der Waals surface area (Å²) in [5.41, 5.74) is -10.4. The molecule has 3 saturated heterocycles. The number of alkyl halides is 1. The minimum atomic E-state index is -2.10. The van der Waals surface area contributed by atoms with Gasteiger partial charge < -0.3 is 79.3 Å². The second kappa shape index (κ2) is 24.3. The number of carbonyl (C=O) groups is 3. The Morgan fingerprint density at radius 2 is 1.58 bits per heavy atom. The number of ether oxygens (including phenoxy) is 6. The number of aliphatic hydroxyl groups excluding tert-OH is 4. The number of hydrogen-bond donors (Lipinski definition) is 8. The molecule has 1 amide bonds. The van der Waals surface area contributed by atoms with E-state index in [-0.39, 0.29) is 56.8 Å². The third kappa shape index (κ3) is 11.8. The van der Waals surface area contributed by atoms with Crippen molar-refractivity contribution in [2.45, 2.75) is 255 Å². The summed E-state index contributed by atoms with van der Waals surface area (Å²) in [7, 11) is 5.15. The van der Waals surface area contributed by atoms with E-state index in [0.29, 0.717) is 37.9 Å². The Morgan fingerprint density at radius 3 is 2.22 bits per heavy atom. The lowest BCUT2D eigenvalue weighted by atomic mass is 9.45. The molecule has 5 fully saturated rings. The fraction of sp³-hybridized carbons (Fsp3) is 0.885. The Morgan fingerprint density at radius 1 is 0.914 bits per heavy atom. The van der Waals surface area contributed by atoms with Gasteiger partial charge in [0.1, 0.15) is 30.0 Å². The van der Waals surface area contributed by atoms with Gasteiger partial charge in [-0.05, 0) is 145 Å². The van der Waals surface area contributed by atoms with Crippen molar-refractivity contribution >= 4 is 17.7 Å². The van der Waals surface area contributed by atoms with Gasteiger partial charge in [-0.15, -0.1) is 0 Å². The molecule has 26 atom stereocenters. The molecule has 19 nitrogen and oxygen atoms in total. The van der Waals surface area contributed by atoms with Gasteiger partial charge in [0.15, 0.2) is 29.6 Å². The lowest BCUT2D eigenvalue weighted by Crippen LogP contribution is -2.69. The predicted octanol–water partition coefficient (Wildman–Crippen LogP) is 4.13. The van der Waals surface area contributed by atoms with Crippen molar-refractivity contribution in [3.05, 3.63) is 23.8 Å². The van der Waals surface area contributed by atoms with E-state index in [1.165, 1.54) is 20.1 Å². The van der Waals surface area contributed by atoms with Crippen molar-refractivity contribution in [3.8, 4) is 0 Å². The minimum absolute atomic E-state index is 0.0641. The van der Waals surface area contributed by atoms with E-state index < -0.39 is 160 Å². The largest absolute Gasteiger partial charge is 0.459 e. The van der Waals surface area contributed by atoms with Gasteiger partial charge in [-0.2, -0.15) is 0 Å². The average molecular weight is 1150 g/mol. The summed E-state index contributed by atoms with van der Waals surface area (Å²) in [6.45, 7) is 23.6. The average Bonchev–Trinajstić information content (AvgIpc) is 3.93. The van der Waals surface area contributed by atoms with Crippen LogP contribution in [0.15, 0.2) is 23.8 Å². The first-order chi connectivity index (χ1) is 37.5. The smallest absolute Gasteiger partial charge is 0.311 e. The molecule has 4 aliphatic carbocycles. The van der Waals surface area contributed by atoms with E-state index in [9.17, 15) is 50.1 Å². The molecule has 4 unspecified atom stereocenters. The van der Waals surface area contributed by atoms with E-state index in [2.05, 4.69) is 5.32 Å². The molecular formula is C61H102FN3O16. The number of allylic oxidation sites excluding steroid dienone is 4. The highest BCUT2D eigenvalue weighted by atomic mass is 19.1. The van der Waals surface area contributed by atoms with Crippen LogP contribution in [0.4, 0.5) is 4.39 Å². The molecule has 0 aromatic carbocycles. The Bertz CT molecular complexity index is 2310. The second-order valence-corrected chi connectivity index (χ2v) is 27.5. The van der Waals surface area contributed by atoms with Gasteiger partial charge in [0, 0.05) is 67.8 Å². The number of fused-ring (bicyclic) bond motifs is 5. The highest BCUT2D eigenvalue weighted by molar-refractivity contribution is 5.93. The number of amides is 1. The van der Waals surface area contributed by atoms with Gasteiger partial charge >= 0.3 is 5.97 Å². The van der Waals surface area contributed by atoms with E-state index in [1.54, 1.807) is 68.4 Å². The molecular weight excluding hydrogens is 1050 g/mol. The number of ketones is 1. The zero-order valence-electron chi connectivity index (χ0n) is 51.3. The maximum atomic E-state index is 17.8. The molecule has 0 bridgehead atoms. The normalized spacial score (nSPS) is 50.3. The summed E-state index contributed by atoms with van der Waals surface area (Å²) < 4.78 is 56.2. The van der Waals surface area contributed by atoms with Crippen LogP contribution in [-0.2, 0) is 42.8 Å². The maximum Gasteiger partial charge on any atom is 0.311 e. The standard InChI is InChI=1S/C61H102FN3O16/c1-17-45-59(13,74)49(69)37(7)65(15)31-32(2)28-57(11,73)51(35(5)48(36(6)52(71)79-45)80-46-30-58(12,76-16)50(70)38(8)78-46)81-53-47(68)43(26-34(4)77-53)64(14)24-18-23-63-54(72)61(75)33(3)25-42-41-20-19-39-27-40(66)21-22-55(39,9)60(41,62)44(67)29-56(42,61)10/h19,21-22,32-38,41-51,53,67-70,73-75H,17-18,20,23-31H2,1-16H3,(H,63,72)/t32-,33+,34+,35-,36+,37+,38-,41?,42?,43-,44-,45+,46?,47+,48?,49+,50-,51+,53-,55-,56-,57+,58+,59+,60-,61+/m0/s1. The van der Waals surface area contributed by atoms with Crippen LogP contribution in [0.25, 0.3) is 0 Å². The van der Waals surface area contributed by atoms with Gasteiger partial charge in [-0.3, -0.25) is 14.4 Å². The Balaban J connectivity index is 1.09. The topological polar surface area (TPSA) is 267 Å². The van der Waals surface area contributed by atoms with Crippen LogP contribution in [0.3, 0.4) is 0 Å². The fourth-order valence-electron chi connectivity index (χ4n) is 16.4. The zero-order valence-corrected chi connectivity index (χ0v) is 51.3. The summed E-state index contributed by atoms with van der Waals surface area (Å²) in [6.07, 6.45) is -5.41. The summed E-state index contributed by atoms with van der Waals surface area (Å²) in [5, 5.41) is 87.5. The number of aliphatic hydroxyl groups is 7. The predicted molar refractivity (Wildman–Crippen MR) is 299 cm³/mol. The van der Waals surface area contributed by atoms with Crippen molar-refractivity contribution in [2.24, 2.45) is 46.3 Å². The van der Waals surface area contributed by atoms with Crippen molar-refractivity contribution in [2.75, 3.05) is 40.8 Å². The minimum Gasteiger partial charge on any atom is -0.459 e.